The van der Waals surface area contributed by atoms with Crippen LogP contribution in [-0.4, -0.2) is 15.3 Å². The van der Waals surface area contributed by atoms with E-state index in [4.69, 9.17) is 0 Å². The van der Waals surface area contributed by atoms with E-state index in [0.717, 1.165) is 11.6 Å². The number of aryl methyl sites for hydroxylation is 1. The second kappa shape index (κ2) is 7.34. The molecule has 2 aromatic heterocycles. The molecule has 0 radical (unpaired) electrons. The van der Waals surface area contributed by atoms with Crippen molar-refractivity contribution in [2.45, 2.75) is 26.6 Å². The Hall–Kier alpha value is -3.36. The van der Waals surface area contributed by atoms with Gasteiger partial charge in [-0.25, -0.2) is 4.98 Å². The number of rotatable bonds is 4. The van der Waals surface area contributed by atoms with Gasteiger partial charge in [-0.1, -0.05) is 6.07 Å². The van der Waals surface area contributed by atoms with Crippen LogP contribution >= 0.6 is 0 Å². The summed E-state index contributed by atoms with van der Waals surface area (Å²) in [6.45, 7) is 2.94. The Morgan fingerprint density at radius 2 is 1.96 bits per heavy atom. The zero-order valence-electron chi connectivity index (χ0n) is 15.1. The van der Waals surface area contributed by atoms with Gasteiger partial charge in [0, 0.05) is 30.6 Å². The first-order chi connectivity index (χ1) is 13.1. The van der Waals surface area contributed by atoms with E-state index in [1.807, 2.05) is 0 Å². The van der Waals surface area contributed by atoms with E-state index in [-0.39, 0.29) is 23.5 Å². The van der Waals surface area contributed by atoms with Crippen LogP contribution in [0.4, 0.5) is 24.5 Å². The van der Waals surface area contributed by atoms with Gasteiger partial charge in [0.2, 0.25) is 5.91 Å². The van der Waals surface area contributed by atoms with E-state index in [2.05, 4.69) is 15.6 Å². The first kappa shape index (κ1) is 19.4. The van der Waals surface area contributed by atoms with Gasteiger partial charge in [-0.3, -0.25) is 14.0 Å². The van der Waals surface area contributed by atoms with Crippen molar-refractivity contribution in [2.75, 3.05) is 10.6 Å². The standard InChI is InChI=1S/C19H17F3N4O2/c1-11-4-3-7-26-17(28)9-14(25-18(11)26)10-23-16-6-5-13(24-12(2)27)8-15(16)19(20,21)22/h3-9,23H,10H2,1-2H3,(H,24,27). The van der Waals surface area contributed by atoms with Crippen LogP contribution in [0.5, 0.6) is 0 Å². The fourth-order valence-electron chi connectivity index (χ4n) is 2.80. The van der Waals surface area contributed by atoms with E-state index in [9.17, 15) is 22.8 Å². The number of amides is 1. The summed E-state index contributed by atoms with van der Waals surface area (Å²) in [6, 6.07) is 8.24. The molecule has 0 bridgehead atoms. The van der Waals surface area contributed by atoms with Crippen molar-refractivity contribution in [1.29, 1.82) is 0 Å². The van der Waals surface area contributed by atoms with Gasteiger partial charge in [-0.05, 0) is 36.8 Å². The Morgan fingerprint density at radius 1 is 1.21 bits per heavy atom. The maximum Gasteiger partial charge on any atom is 0.418 e. The number of pyridine rings is 1. The van der Waals surface area contributed by atoms with Crippen molar-refractivity contribution in [3.63, 3.8) is 0 Å². The molecule has 3 aromatic rings. The van der Waals surface area contributed by atoms with Crippen molar-refractivity contribution >= 4 is 22.9 Å². The molecule has 0 saturated heterocycles. The molecule has 0 aliphatic rings. The Balaban J connectivity index is 1.92. The lowest BCUT2D eigenvalue weighted by Crippen LogP contribution is -2.18. The lowest BCUT2D eigenvalue weighted by molar-refractivity contribution is -0.137. The highest BCUT2D eigenvalue weighted by atomic mass is 19.4. The Bertz CT molecular complexity index is 1110. The van der Waals surface area contributed by atoms with Crippen LogP contribution in [-0.2, 0) is 17.5 Å². The number of benzene rings is 1. The largest absolute Gasteiger partial charge is 0.418 e. The molecular weight excluding hydrogens is 373 g/mol. The third kappa shape index (κ3) is 4.13. The molecule has 9 heteroatoms. The van der Waals surface area contributed by atoms with Gasteiger partial charge in [0.1, 0.15) is 5.65 Å². The molecule has 6 nitrogen and oxygen atoms in total. The maximum absolute atomic E-state index is 13.4. The van der Waals surface area contributed by atoms with Gasteiger partial charge in [0.25, 0.3) is 5.56 Å². The second-order valence-corrected chi connectivity index (χ2v) is 6.26. The van der Waals surface area contributed by atoms with Gasteiger partial charge in [-0.15, -0.1) is 0 Å². The highest BCUT2D eigenvalue weighted by molar-refractivity contribution is 5.89. The summed E-state index contributed by atoms with van der Waals surface area (Å²) in [5.41, 5.74) is 0.172. The second-order valence-electron chi connectivity index (χ2n) is 6.26. The third-order valence-corrected chi connectivity index (χ3v) is 4.04. The molecule has 3 rings (SSSR count). The van der Waals surface area contributed by atoms with Crippen LogP contribution in [0, 0.1) is 6.92 Å². The molecular formula is C19H17F3N4O2. The molecule has 2 N–H and O–H groups in total. The molecule has 1 amide bonds. The number of alkyl halides is 3. The first-order valence-corrected chi connectivity index (χ1v) is 8.36. The lowest BCUT2D eigenvalue weighted by Gasteiger charge is -2.16. The summed E-state index contributed by atoms with van der Waals surface area (Å²) in [5, 5.41) is 5.01. The number of carbonyl (C=O) groups is 1. The third-order valence-electron chi connectivity index (χ3n) is 4.04. The first-order valence-electron chi connectivity index (χ1n) is 8.36. The zero-order valence-corrected chi connectivity index (χ0v) is 15.1. The Morgan fingerprint density at radius 3 is 2.64 bits per heavy atom. The highest BCUT2D eigenvalue weighted by Crippen LogP contribution is 2.36. The van der Waals surface area contributed by atoms with Gasteiger partial charge in [0.05, 0.1) is 17.8 Å². The minimum absolute atomic E-state index is 0.0445. The average Bonchev–Trinajstić information content (AvgIpc) is 2.60. The SMILES string of the molecule is CC(=O)Nc1ccc(NCc2cc(=O)n3cccc(C)c3n2)c(C(F)(F)F)c1. The van der Waals surface area contributed by atoms with Crippen LogP contribution in [0.25, 0.3) is 5.65 Å². The molecule has 1 aromatic carbocycles. The molecule has 0 unspecified atom stereocenters. The monoisotopic (exact) mass is 390 g/mol. The molecule has 0 fully saturated rings. The number of hydrogen-bond acceptors (Lipinski definition) is 4. The van der Waals surface area contributed by atoms with Crippen LogP contribution in [0.1, 0.15) is 23.7 Å². The van der Waals surface area contributed by atoms with Crippen LogP contribution < -0.4 is 16.2 Å². The van der Waals surface area contributed by atoms with Gasteiger partial charge in [0.15, 0.2) is 0 Å². The molecule has 146 valence electrons. The minimum Gasteiger partial charge on any atom is -0.379 e. The molecule has 28 heavy (non-hydrogen) atoms. The molecule has 0 saturated carbocycles. The van der Waals surface area contributed by atoms with Crippen molar-refractivity contribution < 1.29 is 18.0 Å². The summed E-state index contributed by atoms with van der Waals surface area (Å²) in [4.78, 5) is 27.7. The van der Waals surface area contributed by atoms with Crippen LogP contribution in [0.2, 0.25) is 0 Å². The smallest absolute Gasteiger partial charge is 0.379 e. The number of carbonyl (C=O) groups excluding carboxylic acids is 1. The van der Waals surface area contributed by atoms with Crippen molar-refractivity contribution in [2.24, 2.45) is 0 Å². The highest BCUT2D eigenvalue weighted by Gasteiger charge is 2.34. The number of nitrogens with one attached hydrogen (secondary N) is 2. The van der Waals surface area contributed by atoms with Crippen LogP contribution in [0.15, 0.2) is 47.4 Å². The number of fused-ring (bicyclic) bond motifs is 1. The summed E-state index contributed by atoms with van der Waals surface area (Å²) in [5.74, 6) is -0.468. The van der Waals surface area contributed by atoms with E-state index in [1.54, 1.807) is 25.3 Å². The molecule has 0 atom stereocenters. The molecule has 2 heterocycles. The molecule has 0 aliphatic carbocycles. The van der Waals surface area contributed by atoms with Crippen molar-refractivity contribution in [1.82, 2.24) is 9.38 Å². The fourth-order valence-corrected chi connectivity index (χ4v) is 2.80. The molecule has 0 spiro atoms. The number of aromatic nitrogens is 2. The van der Waals surface area contributed by atoms with E-state index < -0.39 is 17.6 Å². The van der Waals surface area contributed by atoms with Crippen molar-refractivity contribution in [3.05, 3.63) is 69.8 Å². The predicted molar refractivity (Wildman–Crippen MR) is 99.3 cm³/mol. The van der Waals surface area contributed by atoms with Gasteiger partial charge >= 0.3 is 6.18 Å². The fraction of sp³-hybridized carbons (Fsp3) is 0.211. The number of hydrogen-bond donors (Lipinski definition) is 2. The van der Waals surface area contributed by atoms with E-state index in [1.165, 1.54) is 29.5 Å². The lowest BCUT2D eigenvalue weighted by atomic mass is 10.1. The minimum atomic E-state index is -4.62. The normalized spacial score (nSPS) is 11.5. The van der Waals surface area contributed by atoms with Crippen molar-refractivity contribution in [3.8, 4) is 0 Å². The summed E-state index contributed by atoms with van der Waals surface area (Å²) >= 11 is 0. The maximum atomic E-state index is 13.4. The van der Waals surface area contributed by atoms with E-state index in [0.29, 0.717) is 11.3 Å². The van der Waals surface area contributed by atoms with Gasteiger partial charge in [-0.2, -0.15) is 13.2 Å². The Kier molecular flexibility index (Phi) is 5.08. The van der Waals surface area contributed by atoms with Gasteiger partial charge < -0.3 is 10.6 Å². The predicted octanol–water partition coefficient (Wildman–Crippen LogP) is 3.59. The number of anilines is 2. The Labute approximate surface area is 158 Å². The zero-order chi connectivity index (χ0) is 20.5. The summed E-state index contributed by atoms with van der Waals surface area (Å²) < 4.78 is 41.6. The molecule has 0 aliphatic heterocycles. The van der Waals surface area contributed by atoms with E-state index >= 15 is 0 Å². The van der Waals surface area contributed by atoms with Crippen LogP contribution in [0.3, 0.4) is 0 Å². The quantitative estimate of drug-likeness (QED) is 0.714. The number of halogens is 3. The summed E-state index contributed by atoms with van der Waals surface area (Å²) in [6.07, 6.45) is -3.04. The topological polar surface area (TPSA) is 75.5 Å². The number of nitrogens with zero attached hydrogens (tertiary/aromatic N) is 2. The average molecular weight is 390 g/mol. The summed E-state index contributed by atoms with van der Waals surface area (Å²) in [7, 11) is 0.